The normalized spacial score (nSPS) is 11.1. The standard InChI is InChI=1S/C9H16N8S2/c1-6-12-14-8(16(6)10)18-4-3-5-19-9-15-13-7(2)17(9)11/h3-5,10-11H2,1-2H3. The van der Waals surface area contributed by atoms with Gasteiger partial charge < -0.3 is 11.7 Å². The van der Waals surface area contributed by atoms with Crippen molar-refractivity contribution in [1.82, 2.24) is 29.7 Å². The van der Waals surface area contributed by atoms with Gasteiger partial charge in [-0.3, -0.25) is 0 Å². The van der Waals surface area contributed by atoms with E-state index in [0.717, 1.165) is 28.2 Å². The van der Waals surface area contributed by atoms with Gasteiger partial charge in [0.05, 0.1) is 0 Å². The molecule has 104 valence electrons. The predicted molar refractivity (Wildman–Crippen MR) is 75.9 cm³/mol. The van der Waals surface area contributed by atoms with Crippen LogP contribution in [0.2, 0.25) is 0 Å². The van der Waals surface area contributed by atoms with E-state index in [-0.39, 0.29) is 0 Å². The molecule has 4 N–H and O–H groups in total. The molecule has 0 aromatic carbocycles. The maximum Gasteiger partial charge on any atom is 0.209 e. The van der Waals surface area contributed by atoms with Crippen LogP contribution in [0.4, 0.5) is 0 Å². The third-order valence-corrected chi connectivity index (χ3v) is 4.48. The molecule has 0 unspecified atom stereocenters. The van der Waals surface area contributed by atoms with E-state index in [1.807, 2.05) is 13.8 Å². The quantitative estimate of drug-likeness (QED) is 0.441. The van der Waals surface area contributed by atoms with Crippen molar-refractivity contribution in [2.24, 2.45) is 0 Å². The van der Waals surface area contributed by atoms with Gasteiger partial charge in [0.2, 0.25) is 10.3 Å². The van der Waals surface area contributed by atoms with Gasteiger partial charge in [-0.1, -0.05) is 23.5 Å². The highest BCUT2D eigenvalue weighted by molar-refractivity contribution is 8.00. The van der Waals surface area contributed by atoms with Crippen LogP contribution in [-0.2, 0) is 0 Å². The van der Waals surface area contributed by atoms with Crippen LogP contribution >= 0.6 is 23.5 Å². The molecule has 0 amide bonds. The fourth-order valence-electron chi connectivity index (χ4n) is 1.28. The molecule has 0 aliphatic heterocycles. The minimum Gasteiger partial charge on any atom is -0.336 e. The Morgan fingerprint density at radius 3 is 1.58 bits per heavy atom. The smallest absolute Gasteiger partial charge is 0.209 e. The van der Waals surface area contributed by atoms with Gasteiger partial charge in [-0.15, -0.1) is 20.4 Å². The lowest BCUT2D eigenvalue weighted by molar-refractivity contribution is 0.821. The van der Waals surface area contributed by atoms with Crippen molar-refractivity contribution in [3.63, 3.8) is 0 Å². The molecular weight excluding hydrogens is 284 g/mol. The SMILES string of the molecule is Cc1nnc(SCCCSc2nnc(C)n2N)n1N. The number of nitrogen functional groups attached to an aromatic ring is 2. The van der Waals surface area contributed by atoms with Gasteiger partial charge in [0.1, 0.15) is 11.6 Å². The molecule has 2 heterocycles. The summed E-state index contributed by atoms with van der Waals surface area (Å²) in [6, 6.07) is 0. The third kappa shape index (κ3) is 3.32. The Hall–Kier alpha value is -1.42. The van der Waals surface area contributed by atoms with E-state index in [0.29, 0.717) is 11.6 Å². The van der Waals surface area contributed by atoms with Gasteiger partial charge in [0.15, 0.2) is 0 Å². The Balaban J connectivity index is 1.70. The van der Waals surface area contributed by atoms with Crippen LogP contribution in [0, 0.1) is 13.8 Å². The molecule has 0 spiro atoms. The molecule has 0 fully saturated rings. The van der Waals surface area contributed by atoms with Gasteiger partial charge in [-0.05, 0) is 20.3 Å². The average molecular weight is 300 g/mol. The zero-order valence-corrected chi connectivity index (χ0v) is 12.4. The monoisotopic (exact) mass is 300 g/mol. The molecule has 0 saturated carbocycles. The minimum absolute atomic E-state index is 0.712. The van der Waals surface area contributed by atoms with E-state index >= 15 is 0 Å². The molecule has 8 nitrogen and oxygen atoms in total. The number of nitrogens with two attached hydrogens (primary N) is 2. The molecule has 2 aromatic rings. The first-order chi connectivity index (χ1) is 9.09. The van der Waals surface area contributed by atoms with E-state index in [4.69, 9.17) is 11.7 Å². The molecule has 0 saturated heterocycles. The number of aromatic nitrogens is 6. The zero-order valence-electron chi connectivity index (χ0n) is 10.8. The van der Waals surface area contributed by atoms with Gasteiger partial charge in [-0.2, -0.15) is 0 Å². The first-order valence-corrected chi connectivity index (χ1v) is 7.66. The maximum absolute atomic E-state index is 5.76. The fraction of sp³-hybridized carbons (Fsp3) is 0.556. The van der Waals surface area contributed by atoms with Crippen molar-refractivity contribution in [1.29, 1.82) is 0 Å². The van der Waals surface area contributed by atoms with Crippen molar-refractivity contribution in [2.75, 3.05) is 23.2 Å². The first kappa shape index (κ1) is 14.0. The highest BCUT2D eigenvalue weighted by atomic mass is 32.2. The molecule has 19 heavy (non-hydrogen) atoms. The Morgan fingerprint density at radius 1 is 0.842 bits per heavy atom. The van der Waals surface area contributed by atoms with Gasteiger partial charge in [-0.25, -0.2) is 9.35 Å². The van der Waals surface area contributed by atoms with E-state index in [2.05, 4.69) is 20.4 Å². The van der Waals surface area contributed by atoms with E-state index in [1.54, 1.807) is 23.5 Å². The highest BCUT2D eigenvalue weighted by Gasteiger charge is 2.08. The largest absolute Gasteiger partial charge is 0.336 e. The van der Waals surface area contributed by atoms with E-state index < -0.39 is 0 Å². The summed E-state index contributed by atoms with van der Waals surface area (Å²) in [5.74, 6) is 14.8. The Bertz CT molecular complexity index is 500. The van der Waals surface area contributed by atoms with Crippen LogP contribution in [-0.4, -0.2) is 41.3 Å². The number of rotatable bonds is 6. The first-order valence-electron chi connectivity index (χ1n) is 5.69. The molecule has 0 bridgehead atoms. The molecule has 0 radical (unpaired) electrons. The number of hydrogen-bond acceptors (Lipinski definition) is 8. The summed E-state index contributed by atoms with van der Waals surface area (Å²) in [5, 5.41) is 17.2. The van der Waals surface area contributed by atoms with Crippen molar-refractivity contribution < 1.29 is 0 Å². The lowest BCUT2D eigenvalue weighted by atomic mass is 10.6. The molecule has 0 atom stereocenters. The average Bonchev–Trinajstić information content (AvgIpc) is 2.88. The predicted octanol–water partition coefficient (Wildman–Crippen LogP) is 0.189. The summed E-state index contributed by atoms with van der Waals surface area (Å²) in [5.41, 5.74) is 0. The second-order valence-electron chi connectivity index (χ2n) is 3.85. The van der Waals surface area contributed by atoms with E-state index in [1.165, 1.54) is 9.35 Å². The number of hydrogen-bond donors (Lipinski definition) is 2. The van der Waals surface area contributed by atoms with Crippen LogP contribution in [0.5, 0.6) is 0 Å². The van der Waals surface area contributed by atoms with Gasteiger partial charge in [0.25, 0.3) is 0 Å². The molecule has 2 aromatic heterocycles. The van der Waals surface area contributed by atoms with Crippen molar-refractivity contribution in [3.8, 4) is 0 Å². The Labute approximate surface area is 119 Å². The third-order valence-electron chi connectivity index (χ3n) is 2.42. The summed E-state index contributed by atoms with van der Waals surface area (Å²) in [6.45, 7) is 3.65. The van der Waals surface area contributed by atoms with Crippen LogP contribution in [0.15, 0.2) is 10.3 Å². The summed E-state index contributed by atoms with van der Waals surface area (Å²) in [7, 11) is 0. The summed E-state index contributed by atoms with van der Waals surface area (Å²) in [6.07, 6.45) is 0.993. The Morgan fingerprint density at radius 2 is 1.26 bits per heavy atom. The molecular formula is C9H16N8S2. The van der Waals surface area contributed by atoms with Crippen LogP contribution in [0.25, 0.3) is 0 Å². The number of nitrogens with zero attached hydrogens (tertiary/aromatic N) is 6. The maximum atomic E-state index is 5.76. The summed E-state index contributed by atoms with van der Waals surface area (Å²) in [4.78, 5) is 0. The van der Waals surface area contributed by atoms with Crippen molar-refractivity contribution in [2.45, 2.75) is 30.6 Å². The highest BCUT2D eigenvalue weighted by Crippen LogP contribution is 2.19. The van der Waals surface area contributed by atoms with Gasteiger partial charge >= 0.3 is 0 Å². The topological polar surface area (TPSA) is 113 Å². The molecule has 2 rings (SSSR count). The second-order valence-corrected chi connectivity index (χ2v) is 5.97. The lowest BCUT2D eigenvalue weighted by Crippen LogP contribution is -2.12. The Kier molecular flexibility index (Phi) is 4.53. The van der Waals surface area contributed by atoms with Crippen LogP contribution in [0.3, 0.4) is 0 Å². The van der Waals surface area contributed by atoms with Gasteiger partial charge in [0, 0.05) is 11.5 Å². The second kappa shape index (κ2) is 6.15. The van der Waals surface area contributed by atoms with E-state index in [9.17, 15) is 0 Å². The number of thioether (sulfide) groups is 2. The molecule has 0 aliphatic carbocycles. The molecule has 10 heteroatoms. The van der Waals surface area contributed by atoms with Crippen LogP contribution in [0.1, 0.15) is 18.1 Å². The number of aryl methyl sites for hydroxylation is 2. The minimum atomic E-state index is 0.712. The molecule has 0 aliphatic rings. The summed E-state index contributed by atoms with van der Waals surface area (Å²) >= 11 is 3.18. The fourth-order valence-corrected chi connectivity index (χ4v) is 3.15. The lowest BCUT2D eigenvalue weighted by Gasteiger charge is -2.02. The van der Waals surface area contributed by atoms with Crippen molar-refractivity contribution in [3.05, 3.63) is 11.6 Å². The summed E-state index contributed by atoms with van der Waals surface area (Å²) < 4.78 is 3.00. The van der Waals surface area contributed by atoms with Crippen LogP contribution < -0.4 is 11.7 Å². The zero-order chi connectivity index (χ0) is 13.8. The van der Waals surface area contributed by atoms with Crippen molar-refractivity contribution >= 4 is 23.5 Å².